The molecule has 0 fully saturated rings. The Morgan fingerprint density at radius 1 is 0.935 bits per heavy atom. The van der Waals surface area contributed by atoms with Gasteiger partial charge in [-0.3, -0.25) is 4.90 Å². The van der Waals surface area contributed by atoms with Crippen molar-refractivity contribution in [2.24, 2.45) is 0 Å². The number of rotatable bonds is 10. The van der Waals surface area contributed by atoms with Crippen LogP contribution in [0.1, 0.15) is 31.5 Å². The van der Waals surface area contributed by atoms with E-state index in [4.69, 9.17) is 20.5 Å². The van der Waals surface area contributed by atoms with Crippen molar-refractivity contribution in [3.05, 3.63) is 71.4 Å². The lowest BCUT2D eigenvalue weighted by Crippen LogP contribution is -2.25. The van der Waals surface area contributed by atoms with E-state index >= 15 is 0 Å². The first-order valence-electron chi connectivity index (χ1n) is 10.4. The minimum Gasteiger partial charge on any atom is -0.419 e. The van der Waals surface area contributed by atoms with Gasteiger partial charge in [-0.15, -0.1) is 10.2 Å². The first-order valence-corrected chi connectivity index (χ1v) is 10.8. The highest BCUT2D eigenvalue weighted by Gasteiger charge is 2.15. The summed E-state index contributed by atoms with van der Waals surface area (Å²) in [7, 11) is 0. The summed E-state index contributed by atoms with van der Waals surface area (Å²) in [5.41, 5.74) is 1.70. The van der Waals surface area contributed by atoms with E-state index in [1.807, 2.05) is 54.6 Å². The minimum atomic E-state index is 0.441. The average molecular weight is 438 g/mol. The van der Waals surface area contributed by atoms with Crippen molar-refractivity contribution in [3.63, 3.8) is 0 Å². The maximum atomic E-state index is 6.23. The van der Waals surface area contributed by atoms with Crippen molar-refractivity contribution in [1.82, 2.24) is 25.2 Å². The van der Waals surface area contributed by atoms with Crippen LogP contribution < -0.4 is 0 Å². The van der Waals surface area contributed by atoms with Crippen molar-refractivity contribution in [2.45, 2.75) is 32.7 Å². The van der Waals surface area contributed by atoms with Gasteiger partial charge in [0.25, 0.3) is 0 Å². The second kappa shape index (κ2) is 10.3. The number of hydrogen-bond acceptors (Lipinski definition) is 7. The molecule has 0 unspecified atom stereocenters. The van der Waals surface area contributed by atoms with Crippen molar-refractivity contribution in [2.75, 3.05) is 13.1 Å². The third kappa shape index (κ3) is 5.57. The lowest BCUT2D eigenvalue weighted by molar-refractivity contribution is 0.234. The van der Waals surface area contributed by atoms with Gasteiger partial charge in [0.15, 0.2) is 0 Å². The van der Waals surface area contributed by atoms with Crippen LogP contribution in [0.4, 0.5) is 0 Å². The van der Waals surface area contributed by atoms with Crippen molar-refractivity contribution < 1.29 is 8.94 Å². The Morgan fingerprint density at radius 2 is 1.74 bits per heavy atom. The first-order chi connectivity index (χ1) is 15.2. The first kappa shape index (κ1) is 21.2. The van der Waals surface area contributed by atoms with E-state index < -0.39 is 0 Å². The molecule has 4 rings (SSSR count). The molecule has 2 heterocycles. The maximum absolute atomic E-state index is 6.23. The molecule has 0 radical (unpaired) electrons. The molecule has 0 atom stereocenters. The number of nitrogens with zero attached hydrogens (tertiary/aromatic N) is 5. The smallest absolute Gasteiger partial charge is 0.249 e. The summed E-state index contributed by atoms with van der Waals surface area (Å²) < 4.78 is 11.3. The molecule has 0 saturated heterocycles. The second-order valence-electron chi connectivity index (χ2n) is 7.24. The molecule has 0 saturated carbocycles. The zero-order chi connectivity index (χ0) is 21.5. The van der Waals surface area contributed by atoms with Gasteiger partial charge in [0.05, 0.1) is 17.1 Å². The number of hydrogen-bond donors (Lipinski definition) is 0. The molecular weight excluding hydrogens is 414 g/mol. The summed E-state index contributed by atoms with van der Waals surface area (Å²) in [4.78, 5) is 6.79. The fraction of sp³-hybridized carbons (Fsp3) is 0.304. The lowest BCUT2D eigenvalue weighted by atomic mass is 10.2. The fourth-order valence-corrected chi connectivity index (χ4v) is 3.57. The van der Waals surface area contributed by atoms with Gasteiger partial charge >= 0.3 is 0 Å². The fourth-order valence-electron chi connectivity index (χ4n) is 3.35. The molecule has 0 bridgehead atoms. The molecule has 160 valence electrons. The molecular formula is C23H24ClN5O2. The molecule has 0 aliphatic heterocycles. The highest BCUT2D eigenvalue weighted by Crippen LogP contribution is 2.26. The average Bonchev–Trinajstić information content (AvgIpc) is 3.45. The highest BCUT2D eigenvalue weighted by atomic mass is 35.5. The molecule has 31 heavy (non-hydrogen) atoms. The van der Waals surface area contributed by atoms with Gasteiger partial charge in [0.1, 0.15) is 0 Å². The topological polar surface area (TPSA) is 81.1 Å². The summed E-state index contributed by atoms with van der Waals surface area (Å²) >= 11 is 6.23. The maximum Gasteiger partial charge on any atom is 0.249 e. The standard InChI is InChI=1S/C23H24ClN5O2/c1-2-14-29(16-21-26-27-23(30-21)18-11-6-7-12-19(18)24)15-8-13-20-25-22(28-31-20)17-9-4-3-5-10-17/h3-7,9-12H,2,8,13-16H2,1H3. The Balaban J connectivity index is 1.33. The summed E-state index contributed by atoms with van der Waals surface area (Å²) in [6.45, 7) is 4.54. The predicted molar refractivity (Wildman–Crippen MR) is 118 cm³/mol. The molecule has 4 aromatic rings. The normalized spacial score (nSPS) is 11.3. The van der Waals surface area contributed by atoms with E-state index in [0.717, 1.165) is 43.5 Å². The zero-order valence-electron chi connectivity index (χ0n) is 17.4. The highest BCUT2D eigenvalue weighted by molar-refractivity contribution is 6.33. The Bertz CT molecular complexity index is 1100. The molecule has 0 amide bonds. The monoisotopic (exact) mass is 437 g/mol. The Labute approximate surface area is 186 Å². The van der Waals surface area contributed by atoms with E-state index in [1.54, 1.807) is 0 Å². The van der Waals surface area contributed by atoms with Gasteiger partial charge in [0.2, 0.25) is 23.5 Å². The minimum absolute atomic E-state index is 0.441. The van der Waals surface area contributed by atoms with Crippen LogP contribution >= 0.6 is 11.6 Å². The van der Waals surface area contributed by atoms with Gasteiger partial charge in [0, 0.05) is 12.0 Å². The summed E-state index contributed by atoms with van der Waals surface area (Å²) in [5, 5.41) is 13.0. The molecule has 0 aliphatic rings. The van der Waals surface area contributed by atoms with E-state index in [0.29, 0.717) is 35.1 Å². The summed E-state index contributed by atoms with van der Waals surface area (Å²) in [6, 6.07) is 17.3. The van der Waals surface area contributed by atoms with Crippen LogP contribution in [0.25, 0.3) is 22.8 Å². The van der Waals surface area contributed by atoms with Gasteiger partial charge in [-0.2, -0.15) is 4.98 Å². The van der Waals surface area contributed by atoms with E-state index in [2.05, 4.69) is 32.2 Å². The third-order valence-corrected chi connectivity index (χ3v) is 5.16. The van der Waals surface area contributed by atoms with Gasteiger partial charge in [-0.1, -0.05) is 66.1 Å². The quantitative estimate of drug-likeness (QED) is 0.333. The number of aromatic nitrogens is 4. The van der Waals surface area contributed by atoms with Gasteiger partial charge in [-0.05, 0) is 38.1 Å². The van der Waals surface area contributed by atoms with Crippen molar-refractivity contribution in [1.29, 1.82) is 0 Å². The Kier molecular flexibility index (Phi) is 7.07. The van der Waals surface area contributed by atoms with E-state index in [9.17, 15) is 0 Å². The number of aryl methyl sites for hydroxylation is 1. The summed E-state index contributed by atoms with van der Waals surface area (Å²) in [5.74, 6) is 2.29. The van der Waals surface area contributed by atoms with Crippen LogP contribution in [0, 0.1) is 0 Å². The van der Waals surface area contributed by atoms with Crippen molar-refractivity contribution in [3.8, 4) is 22.8 Å². The van der Waals surface area contributed by atoms with Gasteiger partial charge in [-0.25, -0.2) is 0 Å². The van der Waals surface area contributed by atoms with Crippen LogP contribution in [0.3, 0.4) is 0 Å². The predicted octanol–water partition coefficient (Wildman–Crippen LogP) is 5.28. The van der Waals surface area contributed by atoms with Crippen LogP contribution in [-0.2, 0) is 13.0 Å². The van der Waals surface area contributed by atoms with Crippen LogP contribution in [0.5, 0.6) is 0 Å². The van der Waals surface area contributed by atoms with Crippen molar-refractivity contribution >= 4 is 11.6 Å². The molecule has 0 aliphatic carbocycles. The Morgan fingerprint density at radius 3 is 2.55 bits per heavy atom. The molecule has 7 nitrogen and oxygen atoms in total. The van der Waals surface area contributed by atoms with E-state index in [-0.39, 0.29) is 0 Å². The van der Waals surface area contributed by atoms with Gasteiger partial charge < -0.3 is 8.94 Å². The number of halogens is 1. The van der Waals surface area contributed by atoms with E-state index in [1.165, 1.54) is 0 Å². The van der Waals surface area contributed by atoms with Crippen LogP contribution in [0.2, 0.25) is 5.02 Å². The molecule has 2 aromatic carbocycles. The largest absolute Gasteiger partial charge is 0.419 e. The van der Waals surface area contributed by atoms with Crippen LogP contribution in [-0.4, -0.2) is 38.3 Å². The summed E-state index contributed by atoms with van der Waals surface area (Å²) in [6.07, 6.45) is 2.64. The second-order valence-corrected chi connectivity index (χ2v) is 7.65. The molecule has 0 N–H and O–H groups in total. The zero-order valence-corrected chi connectivity index (χ0v) is 18.1. The SMILES string of the molecule is CCCN(CCCc1nc(-c2ccccc2)no1)Cc1nnc(-c2ccccc2Cl)o1. The van der Waals surface area contributed by atoms with Crippen LogP contribution in [0.15, 0.2) is 63.5 Å². The third-order valence-electron chi connectivity index (χ3n) is 4.83. The number of benzene rings is 2. The molecule has 8 heteroatoms. The molecule has 0 spiro atoms. The molecule has 2 aromatic heterocycles. The lowest BCUT2D eigenvalue weighted by Gasteiger charge is -2.19. The Hall–Kier alpha value is -3.03.